The average Bonchev–Trinajstić information content (AvgIpc) is 3.07. The van der Waals surface area contributed by atoms with Crippen molar-refractivity contribution >= 4 is 50.2 Å². The predicted molar refractivity (Wildman–Crippen MR) is 111 cm³/mol. The van der Waals surface area contributed by atoms with E-state index < -0.39 is 6.03 Å². The SMILES string of the molecule is CCOc1ccc2nc(NC(=O)CNC(=O)NCc3ccc(Cl)cc3)sc2c1. The van der Waals surface area contributed by atoms with Gasteiger partial charge in [-0.05, 0) is 42.8 Å². The Bertz CT molecular complexity index is 975. The van der Waals surface area contributed by atoms with Crippen LogP contribution in [-0.2, 0) is 11.3 Å². The number of hydrogen-bond donors (Lipinski definition) is 3. The van der Waals surface area contributed by atoms with E-state index in [-0.39, 0.29) is 12.5 Å². The predicted octanol–water partition coefficient (Wildman–Crippen LogP) is 3.79. The highest BCUT2D eigenvalue weighted by Crippen LogP contribution is 2.29. The van der Waals surface area contributed by atoms with Gasteiger partial charge in [0.15, 0.2) is 5.13 Å². The summed E-state index contributed by atoms with van der Waals surface area (Å²) in [6, 6.07) is 12.3. The number of nitrogens with one attached hydrogen (secondary N) is 3. The lowest BCUT2D eigenvalue weighted by atomic mass is 10.2. The Labute approximate surface area is 171 Å². The molecule has 1 aromatic heterocycles. The van der Waals surface area contributed by atoms with Crippen molar-refractivity contribution in [2.75, 3.05) is 18.5 Å². The third kappa shape index (κ3) is 5.58. The molecule has 0 spiro atoms. The maximum absolute atomic E-state index is 12.0. The number of hydrogen-bond acceptors (Lipinski definition) is 5. The molecule has 0 aliphatic heterocycles. The van der Waals surface area contributed by atoms with Crippen LogP contribution >= 0.6 is 22.9 Å². The zero-order valence-corrected chi connectivity index (χ0v) is 16.7. The van der Waals surface area contributed by atoms with Crippen LogP contribution in [0.2, 0.25) is 5.02 Å². The van der Waals surface area contributed by atoms with Gasteiger partial charge in [-0.15, -0.1) is 0 Å². The highest BCUT2D eigenvalue weighted by Gasteiger charge is 2.10. The second-order valence-corrected chi connectivity index (χ2v) is 7.26. The molecule has 0 aliphatic rings. The largest absolute Gasteiger partial charge is 0.494 e. The first kappa shape index (κ1) is 19.9. The molecule has 1 heterocycles. The van der Waals surface area contributed by atoms with E-state index in [4.69, 9.17) is 16.3 Å². The molecule has 28 heavy (non-hydrogen) atoms. The molecule has 0 fully saturated rings. The standard InChI is InChI=1S/C19H19ClN4O3S/c1-2-27-14-7-8-15-16(9-14)28-19(23-15)24-17(25)11-22-18(26)21-10-12-3-5-13(20)6-4-12/h3-9H,2,10-11H2,1H3,(H2,21,22,26)(H,23,24,25). The van der Waals surface area contributed by atoms with Gasteiger partial charge in [-0.2, -0.15) is 0 Å². The first-order valence-corrected chi connectivity index (χ1v) is 9.82. The molecule has 0 saturated heterocycles. The van der Waals surface area contributed by atoms with E-state index in [1.54, 1.807) is 12.1 Å². The molecule has 3 rings (SSSR count). The second-order valence-electron chi connectivity index (χ2n) is 5.79. The fourth-order valence-corrected chi connectivity index (χ4v) is 3.42. The summed E-state index contributed by atoms with van der Waals surface area (Å²) in [6.07, 6.45) is 0. The number of fused-ring (bicyclic) bond motifs is 1. The number of carbonyl (C=O) groups excluding carboxylic acids is 2. The van der Waals surface area contributed by atoms with Crippen molar-refractivity contribution in [3.8, 4) is 5.75 Å². The van der Waals surface area contributed by atoms with Crippen LogP contribution in [0.5, 0.6) is 5.75 Å². The van der Waals surface area contributed by atoms with Crippen LogP contribution in [0.3, 0.4) is 0 Å². The average molecular weight is 419 g/mol. The highest BCUT2D eigenvalue weighted by atomic mass is 35.5. The van der Waals surface area contributed by atoms with Crippen LogP contribution in [0.15, 0.2) is 42.5 Å². The zero-order chi connectivity index (χ0) is 19.9. The number of nitrogens with zero attached hydrogens (tertiary/aromatic N) is 1. The molecule has 0 unspecified atom stereocenters. The van der Waals surface area contributed by atoms with Crippen molar-refractivity contribution < 1.29 is 14.3 Å². The van der Waals surface area contributed by atoms with Crippen LogP contribution in [0.25, 0.3) is 10.2 Å². The molecule has 0 radical (unpaired) electrons. The number of halogens is 1. The van der Waals surface area contributed by atoms with Crippen LogP contribution in [0.1, 0.15) is 12.5 Å². The Morgan fingerprint density at radius 3 is 2.68 bits per heavy atom. The highest BCUT2D eigenvalue weighted by molar-refractivity contribution is 7.22. The number of ether oxygens (including phenoxy) is 1. The molecule has 3 amide bonds. The summed E-state index contributed by atoms with van der Waals surface area (Å²) in [6.45, 7) is 2.68. The van der Waals surface area contributed by atoms with Crippen molar-refractivity contribution in [2.45, 2.75) is 13.5 Å². The van der Waals surface area contributed by atoms with E-state index >= 15 is 0 Å². The molecule has 2 aromatic carbocycles. The first-order chi connectivity index (χ1) is 13.5. The van der Waals surface area contributed by atoms with Gasteiger partial charge in [0.25, 0.3) is 0 Å². The third-order valence-corrected chi connectivity index (χ3v) is 4.88. The molecular formula is C19H19ClN4O3S. The fourth-order valence-electron chi connectivity index (χ4n) is 2.39. The molecular weight excluding hydrogens is 400 g/mol. The summed E-state index contributed by atoms with van der Waals surface area (Å²) < 4.78 is 6.37. The quantitative estimate of drug-likeness (QED) is 0.544. The van der Waals surface area contributed by atoms with Crippen molar-refractivity contribution in [2.24, 2.45) is 0 Å². The van der Waals surface area contributed by atoms with Crippen molar-refractivity contribution in [1.82, 2.24) is 15.6 Å². The lowest BCUT2D eigenvalue weighted by Gasteiger charge is -2.07. The summed E-state index contributed by atoms with van der Waals surface area (Å²) in [4.78, 5) is 28.2. The van der Waals surface area contributed by atoms with Crippen LogP contribution in [0.4, 0.5) is 9.93 Å². The Morgan fingerprint density at radius 1 is 1.14 bits per heavy atom. The number of anilines is 1. The Kier molecular flexibility index (Phi) is 6.67. The van der Waals surface area contributed by atoms with Gasteiger partial charge in [-0.25, -0.2) is 9.78 Å². The number of urea groups is 1. The van der Waals surface area contributed by atoms with Gasteiger partial charge in [0, 0.05) is 11.6 Å². The maximum atomic E-state index is 12.0. The van der Waals surface area contributed by atoms with Gasteiger partial charge >= 0.3 is 6.03 Å². The first-order valence-electron chi connectivity index (χ1n) is 8.63. The molecule has 146 valence electrons. The summed E-state index contributed by atoms with van der Waals surface area (Å²) in [5.41, 5.74) is 1.68. The van der Waals surface area contributed by atoms with Gasteiger partial charge in [0.05, 0.1) is 23.4 Å². The van der Waals surface area contributed by atoms with Gasteiger partial charge in [-0.3, -0.25) is 4.79 Å². The minimum atomic E-state index is -0.434. The molecule has 7 nitrogen and oxygen atoms in total. The van der Waals surface area contributed by atoms with Gasteiger partial charge in [0.1, 0.15) is 5.75 Å². The van der Waals surface area contributed by atoms with Gasteiger partial charge in [0.2, 0.25) is 5.91 Å². The van der Waals surface area contributed by atoms with Gasteiger partial charge in [-0.1, -0.05) is 35.1 Å². The van der Waals surface area contributed by atoms with E-state index in [0.717, 1.165) is 21.5 Å². The van der Waals surface area contributed by atoms with E-state index in [9.17, 15) is 9.59 Å². The maximum Gasteiger partial charge on any atom is 0.315 e. The molecule has 0 saturated carbocycles. The Morgan fingerprint density at radius 2 is 1.93 bits per heavy atom. The topological polar surface area (TPSA) is 92.3 Å². The van der Waals surface area contributed by atoms with Gasteiger partial charge < -0.3 is 20.7 Å². The van der Waals surface area contributed by atoms with Crippen molar-refractivity contribution in [3.05, 3.63) is 53.1 Å². The number of aromatic nitrogens is 1. The van der Waals surface area contributed by atoms with Crippen LogP contribution in [0, 0.1) is 0 Å². The van der Waals surface area contributed by atoms with E-state index in [1.807, 2.05) is 37.3 Å². The van der Waals surface area contributed by atoms with E-state index in [1.165, 1.54) is 11.3 Å². The summed E-state index contributed by atoms with van der Waals surface area (Å²) in [5, 5.41) is 8.98. The smallest absolute Gasteiger partial charge is 0.315 e. The molecule has 0 aliphatic carbocycles. The lowest BCUT2D eigenvalue weighted by molar-refractivity contribution is -0.115. The van der Waals surface area contributed by atoms with E-state index in [0.29, 0.717) is 23.3 Å². The van der Waals surface area contributed by atoms with Crippen molar-refractivity contribution in [1.29, 1.82) is 0 Å². The normalized spacial score (nSPS) is 10.5. The summed E-state index contributed by atoms with van der Waals surface area (Å²) in [5.74, 6) is 0.404. The zero-order valence-electron chi connectivity index (χ0n) is 15.1. The van der Waals surface area contributed by atoms with E-state index in [2.05, 4.69) is 20.9 Å². The lowest BCUT2D eigenvalue weighted by Crippen LogP contribution is -2.39. The van der Waals surface area contributed by atoms with Crippen LogP contribution < -0.4 is 20.7 Å². The monoisotopic (exact) mass is 418 g/mol. The molecule has 0 bridgehead atoms. The Hall–Kier alpha value is -2.84. The molecule has 3 aromatic rings. The fraction of sp³-hybridized carbons (Fsp3) is 0.211. The third-order valence-electron chi connectivity index (χ3n) is 3.69. The number of thiazole rings is 1. The minimum absolute atomic E-state index is 0.160. The second kappa shape index (κ2) is 9.38. The Balaban J connectivity index is 1.46. The molecule has 9 heteroatoms. The number of amides is 3. The summed E-state index contributed by atoms with van der Waals surface area (Å²) >= 11 is 7.16. The molecule has 3 N–H and O–H groups in total. The number of benzene rings is 2. The number of carbonyl (C=O) groups is 2. The van der Waals surface area contributed by atoms with Crippen LogP contribution in [-0.4, -0.2) is 30.1 Å². The summed E-state index contributed by atoms with van der Waals surface area (Å²) in [7, 11) is 0. The minimum Gasteiger partial charge on any atom is -0.494 e. The van der Waals surface area contributed by atoms with Crippen molar-refractivity contribution in [3.63, 3.8) is 0 Å². The number of rotatable bonds is 7. The molecule has 0 atom stereocenters.